The van der Waals surface area contributed by atoms with Crippen molar-refractivity contribution in [3.63, 3.8) is 0 Å². The van der Waals surface area contributed by atoms with Crippen LogP contribution in [0.5, 0.6) is 0 Å². The van der Waals surface area contributed by atoms with Gasteiger partial charge < -0.3 is 4.90 Å². The number of aromatic nitrogens is 1. The van der Waals surface area contributed by atoms with Gasteiger partial charge in [-0.05, 0) is 31.0 Å². The number of hydrogen-bond donors (Lipinski definition) is 0. The van der Waals surface area contributed by atoms with Crippen LogP contribution in [0.25, 0.3) is 0 Å². The Balaban J connectivity index is 1.71. The number of hydrogen-bond acceptors (Lipinski definition) is 3. The molecule has 1 aliphatic rings. The maximum Gasteiger partial charge on any atom is 0.417 e. The van der Waals surface area contributed by atoms with Crippen LogP contribution in [0.4, 0.5) is 18.9 Å². The average molecular weight is 387 g/mol. The Morgan fingerprint density at radius 3 is 2.80 bits per heavy atom. The summed E-state index contributed by atoms with van der Waals surface area (Å²) in [5.41, 5.74) is 1.08. The number of alkyl halides is 3. The van der Waals surface area contributed by atoms with Gasteiger partial charge in [0, 0.05) is 17.9 Å². The number of pyridine rings is 1. The number of halogens is 4. The molecule has 0 fully saturated rings. The predicted octanol–water partition coefficient (Wildman–Crippen LogP) is 4.82. The van der Waals surface area contributed by atoms with Crippen molar-refractivity contribution in [3.05, 3.63) is 52.7 Å². The summed E-state index contributed by atoms with van der Waals surface area (Å²) < 4.78 is 37.9. The summed E-state index contributed by atoms with van der Waals surface area (Å²) >= 11 is 6.92. The molecule has 25 heavy (non-hydrogen) atoms. The van der Waals surface area contributed by atoms with Gasteiger partial charge in [-0.2, -0.15) is 13.2 Å². The van der Waals surface area contributed by atoms with Crippen molar-refractivity contribution >= 4 is 35.0 Å². The largest absolute Gasteiger partial charge is 0.417 e. The summed E-state index contributed by atoms with van der Waals surface area (Å²) in [7, 11) is 0. The highest BCUT2D eigenvalue weighted by Crippen LogP contribution is 2.35. The minimum atomic E-state index is -4.50. The summed E-state index contributed by atoms with van der Waals surface area (Å²) in [6.45, 7) is 1.96. The van der Waals surface area contributed by atoms with Crippen LogP contribution in [-0.4, -0.2) is 22.7 Å². The number of nitrogens with zero attached hydrogens (tertiary/aromatic N) is 2. The first-order valence-electron chi connectivity index (χ1n) is 7.53. The maximum absolute atomic E-state index is 12.6. The van der Waals surface area contributed by atoms with E-state index in [0.717, 1.165) is 41.7 Å². The Bertz CT molecular complexity index is 813. The lowest BCUT2D eigenvalue weighted by Crippen LogP contribution is -2.37. The molecule has 0 radical (unpaired) electrons. The Morgan fingerprint density at radius 2 is 2.12 bits per heavy atom. The Hall–Kier alpha value is -1.73. The maximum atomic E-state index is 12.6. The fourth-order valence-corrected chi connectivity index (χ4v) is 3.89. The topological polar surface area (TPSA) is 33.2 Å². The minimum absolute atomic E-state index is 0.0431. The molecule has 1 unspecified atom stereocenters. The number of rotatable bonds is 3. The molecule has 1 aromatic heterocycles. The summed E-state index contributed by atoms with van der Waals surface area (Å²) in [5.74, 6) is -0.0725. The van der Waals surface area contributed by atoms with Gasteiger partial charge in [0.1, 0.15) is 5.03 Å². The van der Waals surface area contributed by atoms with Crippen LogP contribution in [0.15, 0.2) is 41.6 Å². The highest BCUT2D eigenvalue weighted by Gasteiger charge is 2.32. The van der Waals surface area contributed by atoms with E-state index in [-0.39, 0.29) is 27.8 Å². The molecule has 3 rings (SSSR count). The zero-order valence-electron chi connectivity index (χ0n) is 13.2. The first-order valence-corrected chi connectivity index (χ1v) is 8.89. The van der Waals surface area contributed by atoms with E-state index in [1.165, 1.54) is 0 Å². The molecule has 0 aliphatic carbocycles. The van der Waals surface area contributed by atoms with E-state index in [0.29, 0.717) is 0 Å². The van der Waals surface area contributed by atoms with Gasteiger partial charge in [0.15, 0.2) is 0 Å². The second-order valence-electron chi connectivity index (χ2n) is 5.74. The molecule has 3 nitrogen and oxygen atoms in total. The van der Waals surface area contributed by atoms with Gasteiger partial charge in [-0.25, -0.2) is 4.98 Å². The molecule has 132 valence electrons. The smallest absolute Gasteiger partial charge is 0.308 e. The number of fused-ring (bicyclic) bond motifs is 1. The van der Waals surface area contributed by atoms with Gasteiger partial charge in [-0.15, -0.1) is 0 Å². The van der Waals surface area contributed by atoms with Gasteiger partial charge in [-0.1, -0.05) is 41.6 Å². The number of para-hydroxylation sites is 1. The van der Waals surface area contributed by atoms with Crippen LogP contribution in [-0.2, 0) is 17.4 Å². The Labute approximate surface area is 152 Å². The number of thioether (sulfide) groups is 1. The van der Waals surface area contributed by atoms with Crippen molar-refractivity contribution < 1.29 is 18.0 Å². The highest BCUT2D eigenvalue weighted by atomic mass is 35.5. The first kappa shape index (κ1) is 18.1. The first-order chi connectivity index (χ1) is 11.8. The van der Waals surface area contributed by atoms with Crippen LogP contribution in [0.3, 0.4) is 0 Å². The fourth-order valence-electron chi connectivity index (χ4n) is 2.83. The van der Waals surface area contributed by atoms with Gasteiger partial charge in [0.05, 0.1) is 16.3 Å². The number of amides is 1. The lowest BCUT2D eigenvalue weighted by Gasteiger charge is -2.22. The third kappa shape index (κ3) is 3.77. The zero-order valence-corrected chi connectivity index (χ0v) is 14.8. The zero-order chi connectivity index (χ0) is 18.2. The molecule has 0 saturated heterocycles. The van der Waals surface area contributed by atoms with Crippen LogP contribution < -0.4 is 4.90 Å². The third-order valence-electron chi connectivity index (χ3n) is 3.94. The molecule has 1 aliphatic heterocycles. The molecule has 0 N–H and O–H groups in total. The molecule has 8 heteroatoms. The summed E-state index contributed by atoms with van der Waals surface area (Å²) in [6.07, 6.45) is -2.98. The lowest BCUT2D eigenvalue weighted by molar-refractivity contribution is -0.137. The van der Waals surface area contributed by atoms with Crippen LogP contribution in [0.2, 0.25) is 5.02 Å². The summed E-state index contributed by atoms with van der Waals surface area (Å²) in [6, 6.07) is 8.56. The number of carbonyl (C=O) groups is 1. The van der Waals surface area contributed by atoms with Crippen molar-refractivity contribution in [3.8, 4) is 0 Å². The molecule has 2 aromatic rings. The minimum Gasteiger partial charge on any atom is -0.308 e. The number of anilines is 1. The molecule has 1 amide bonds. The van der Waals surface area contributed by atoms with Crippen molar-refractivity contribution in [2.45, 2.75) is 30.6 Å². The summed E-state index contributed by atoms with van der Waals surface area (Å²) in [5, 5.41) is 0.102. The van der Waals surface area contributed by atoms with Gasteiger partial charge in [-0.3, -0.25) is 4.79 Å². The van der Waals surface area contributed by atoms with Crippen molar-refractivity contribution in [1.82, 2.24) is 4.98 Å². The normalized spacial score (nSPS) is 16.8. The quantitative estimate of drug-likeness (QED) is 0.709. The van der Waals surface area contributed by atoms with Gasteiger partial charge >= 0.3 is 6.18 Å². The second-order valence-corrected chi connectivity index (χ2v) is 7.11. The lowest BCUT2D eigenvalue weighted by atomic mass is 10.1. The summed E-state index contributed by atoms with van der Waals surface area (Å²) in [4.78, 5) is 18.1. The Morgan fingerprint density at radius 1 is 1.40 bits per heavy atom. The monoisotopic (exact) mass is 386 g/mol. The van der Waals surface area contributed by atoms with Crippen LogP contribution in [0.1, 0.15) is 18.1 Å². The fraction of sp³-hybridized carbons (Fsp3) is 0.294. The molecule has 0 bridgehead atoms. The molecule has 1 atom stereocenters. The van der Waals surface area contributed by atoms with E-state index < -0.39 is 11.7 Å². The van der Waals surface area contributed by atoms with Crippen molar-refractivity contribution in [1.29, 1.82) is 0 Å². The molecular weight excluding hydrogens is 373 g/mol. The van der Waals surface area contributed by atoms with E-state index in [1.807, 2.05) is 31.2 Å². The molecular formula is C17H14ClF3N2OS. The SMILES string of the molecule is CC1Cc2ccccc2N1C(=O)CSc1ncc(C(F)(F)F)cc1Cl. The van der Waals surface area contributed by atoms with E-state index in [4.69, 9.17) is 11.6 Å². The standard InChI is InChI=1S/C17H14ClF3N2OS/c1-10-6-11-4-2-3-5-14(11)23(10)15(24)9-25-16-13(18)7-12(8-22-16)17(19,20)21/h2-5,7-8,10H,6,9H2,1H3. The highest BCUT2D eigenvalue weighted by molar-refractivity contribution is 8.00. The predicted molar refractivity (Wildman–Crippen MR) is 92.1 cm³/mol. The molecule has 0 saturated carbocycles. The average Bonchev–Trinajstić information content (AvgIpc) is 2.88. The van der Waals surface area contributed by atoms with Gasteiger partial charge in [0.2, 0.25) is 5.91 Å². The van der Waals surface area contributed by atoms with E-state index >= 15 is 0 Å². The third-order valence-corrected chi connectivity index (χ3v) is 5.33. The van der Waals surface area contributed by atoms with Crippen LogP contribution >= 0.6 is 23.4 Å². The molecule has 0 spiro atoms. The molecule has 1 aromatic carbocycles. The van der Waals surface area contributed by atoms with Gasteiger partial charge in [0.25, 0.3) is 0 Å². The number of carbonyl (C=O) groups excluding carboxylic acids is 1. The molecule has 2 heterocycles. The van der Waals surface area contributed by atoms with Crippen molar-refractivity contribution in [2.75, 3.05) is 10.7 Å². The Kier molecular flexibility index (Phi) is 4.97. The van der Waals surface area contributed by atoms with Crippen LogP contribution in [0, 0.1) is 0 Å². The number of benzene rings is 1. The van der Waals surface area contributed by atoms with E-state index in [9.17, 15) is 18.0 Å². The van der Waals surface area contributed by atoms with Crippen molar-refractivity contribution in [2.24, 2.45) is 0 Å². The second kappa shape index (κ2) is 6.88. The van der Waals surface area contributed by atoms with E-state index in [1.54, 1.807) is 4.90 Å². The van der Waals surface area contributed by atoms with E-state index in [2.05, 4.69) is 4.98 Å².